The van der Waals surface area contributed by atoms with Crippen LogP contribution >= 0.6 is 0 Å². The van der Waals surface area contributed by atoms with Crippen molar-refractivity contribution in [2.24, 2.45) is 5.73 Å². The van der Waals surface area contributed by atoms with E-state index in [2.05, 4.69) is 9.47 Å². The van der Waals surface area contributed by atoms with E-state index in [1.54, 1.807) is 14.2 Å². The third-order valence-corrected chi connectivity index (χ3v) is 5.06. The molecule has 2 heterocycles. The Balaban J connectivity index is 1.98. The fraction of sp³-hybridized carbons (Fsp3) is 0.450. The molecule has 7 nitrogen and oxygen atoms in total. The quantitative estimate of drug-likeness (QED) is 0.802. The number of aromatic nitrogens is 1. The van der Waals surface area contributed by atoms with Gasteiger partial charge in [0, 0.05) is 43.5 Å². The average molecular weight is 373 g/mol. The zero-order valence-electron chi connectivity index (χ0n) is 16.2. The Morgan fingerprint density at radius 2 is 1.89 bits per heavy atom. The molecule has 1 amide bonds. The van der Waals surface area contributed by atoms with Gasteiger partial charge in [-0.05, 0) is 25.1 Å². The molecular weight excluding hydrogens is 346 g/mol. The molecule has 1 aliphatic heterocycles. The zero-order valence-corrected chi connectivity index (χ0v) is 16.2. The van der Waals surface area contributed by atoms with E-state index < -0.39 is 5.91 Å². The third kappa shape index (κ3) is 4.09. The zero-order chi connectivity index (χ0) is 19.4. The van der Waals surface area contributed by atoms with E-state index in [9.17, 15) is 4.79 Å². The number of benzene rings is 1. The molecule has 1 aromatic heterocycles. The van der Waals surface area contributed by atoms with Crippen LogP contribution in [0, 0.1) is 6.92 Å². The molecule has 0 saturated carbocycles. The lowest BCUT2D eigenvalue weighted by Gasteiger charge is -2.27. The number of amides is 1. The number of carbonyl (C=O) groups excluding carboxylic acids is 1. The number of ether oxygens (including phenoxy) is 3. The van der Waals surface area contributed by atoms with Crippen molar-refractivity contribution < 1.29 is 19.0 Å². The fourth-order valence-corrected chi connectivity index (χ4v) is 3.48. The molecule has 0 spiro atoms. The van der Waals surface area contributed by atoms with Crippen LogP contribution in [0.15, 0.2) is 24.3 Å². The summed E-state index contributed by atoms with van der Waals surface area (Å²) in [5.74, 6) is 0.982. The Morgan fingerprint density at radius 3 is 2.52 bits per heavy atom. The van der Waals surface area contributed by atoms with E-state index >= 15 is 0 Å². The van der Waals surface area contributed by atoms with Gasteiger partial charge in [0.2, 0.25) is 0 Å². The van der Waals surface area contributed by atoms with Gasteiger partial charge >= 0.3 is 0 Å². The molecule has 7 heteroatoms. The van der Waals surface area contributed by atoms with Crippen molar-refractivity contribution in [2.45, 2.75) is 13.5 Å². The Morgan fingerprint density at radius 1 is 1.15 bits per heavy atom. The lowest BCUT2D eigenvalue weighted by Crippen LogP contribution is -2.38. The second kappa shape index (κ2) is 8.45. The second-order valence-corrected chi connectivity index (χ2v) is 6.56. The summed E-state index contributed by atoms with van der Waals surface area (Å²) < 4.78 is 18.4. The summed E-state index contributed by atoms with van der Waals surface area (Å²) in [5, 5.41) is 0. The highest BCUT2D eigenvalue weighted by molar-refractivity contribution is 5.96. The SMILES string of the molecule is COc1ccc(-c2cc(C(N)=O)c(C)n2CCN2CCOCC2)c(OC)c1. The molecule has 0 unspecified atom stereocenters. The lowest BCUT2D eigenvalue weighted by atomic mass is 10.1. The van der Waals surface area contributed by atoms with Gasteiger partial charge in [0.1, 0.15) is 11.5 Å². The van der Waals surface area contributed by atoms with E-state index in [1.807, 2.05) is 31.2 Å². The van der Waals surface area contributed by atoms with Crippen molar-refractivity contribution >= 4 is 5.91 Å². The van der Waals surface area contributed by atoms with Gasteiger partial charge in [-0.3, -0.25) is 9.69 Å². The van der Waals surface area contributed by atoms with Crippen molar-refractivity contribution in [3.8, 4) is 22.8 Å². The summed E-state index contributed by atoms with van der Waals surface area (Å²) in [7, 11) is 3.25. The Labute approximate surface area is 159 Å². The molecule has 27 heavy (non-hydrogen) atoms. The van der Waals surface area contributed by atoms with E-state index in [4.69, 9.17) is 19.9 Å². The van der Waals surface area contributed by atoms with Crippen LogP contribution in [0.2, 0.25) is 0 Å². The van der Waals surface area contributed by atoms with E-state index in [0.29, 0.717) is 17.1 Å². The highest BCUT2D eigenvalue weighted by Gasteiger charge is 2.20. The van der Waals surface area contributed by atoms with Crippen LogP contribution in [-0.4, -0.2) is 62.4 Å². The highest BCUT2D eigenvalue weighted by Crippen LogP contribution is 2.35. The molecule has 3 rings (SSSR count). The summed E-state index contributed by atoms with van der Waals surface area (Å²) in [4.78, 5) is 14.3. The monoisotopic (exact) mass is 373 g/mol. The van der Waals surface area contributed by atoms with Gasteiger partial charge in [0.25, 0.3) is 5.91 Å². The first-order valence-corrected chi connectivity index (χ1v) is 9.07. The molecule has 1 saturated heterocycles. The minimum Gasteiger partial charge on any atom is -0.497 e. The molecule has 0 radical (unpaired) electrons. The summed E-state index contributed by atoms with van der Waals surface area (Å²) in [5.41, 5.74) is 8.81. The molecule has 1 aromatic carbocycles. The maximum atomic E-state index is 11.9. The maximum Gasteiger partial charge on any atom is 0.250 e. The largest absolute Gasteiger partial charge is 0.497 e. The number of nitrogens with two attached hydrogens (primary N) is 1. The molecule has 2 N–H and O–H groups in total. The maximum absolute atomic E-state index is 11.9. The number of methoxy groups -OCH3 is 2. The van der Waals surface area contributed by atoms with Crippen molar-refractivity contribution in [1.82, 2.24) is 9.47 Å². The van der Waals surface area contributed by atoms with E-state index in [0.717, 1.165) is 56.3 Å². The van der Waals surface area contributed by atoms with Gasteiger partial charge in [-0.1, -0.05) is 0 Å². The minimum atomic E-state index is -0.425. The van der Waals surface area contributed by atoms with Crippen LogP contribution in [-0.2, 0) is 11.3 Å². The van der Waals surface area contributed by atoms with Gasteiger partial charge < -0.3 is 24.5 Å². The van der Waals surface area contributed by atoms with Crippen LogP contribution < -0.4 is 15.2 Å². The average Bonchev–Trinajstić information content (AvgIpc) is 3.03. The summed E-state index contributed by atoms with van der Waals surface area (Å²) >= 11 is 0. The van der Waals surface area contributed by atoms with E-state index in [1.165, 1.54) is 0 Å². The highest BCUT2D eigenvalue weighted by atomic mass is 16.5. The molecule has 0 aliphatic carbocycles. The van der Waals surface area contributed by atoms with Crippen molar-refractivity contribution in [3.05, 3.63) is 35.5 Å². The Hall–Kier alpha value is -2.51. The lowest BCUT2D eigenvalue weighted by molar-refractivity contribution is 0.0364. The van der Waals surface area contributed by atoms with Crippen molar-refractivity contribution in [1.29, 1.82) is 0 Å². The van der Waals surface area contributed by atoms with Crippen molar-refractivity contribution in [3.63, 3.8) is 0 Å². The molecule has 0 bridgehead atoms. The van der Waals surface area contributed by atoms with Crippen LogP contribution in [0.25, 0.3) is 11.3 Å². The smallest absolute Gasteiger partial charge is 0.250 e. The first-order chi connectivity index (χ1) is 13.0. The van der Waals surface area contributed by atoms with Crippen LogP contribution in [0.4, 0.5) is 0 Å². The third-order valence-electron chi connectivity index (χ3n) is 5.06. The van der Waals surface area contributed by atoms with Gasteiger partial charge in [0.05, 0.1) is 38.7 Å². The Kier molecular flexibility index (Phi) is 6.03. The molecule has 1 fully saturated rings. The number of primary amides is 1. The van der Waals surface area contributed by atoms with Crippen LogP contribution in [0.1, 0.15) is 16.1 Å². The Bertz CT molecular complexity index is 810. The summed E-state index contributed by atoms with van der Waals surface area (Å²) in [6.45, 7) is 6.92. The molecular formula is C20H27N3O4. The van der Waals surface area contributed by atoms with Crippen molar-refractivity contribution in [2.75, 3.05) is 47.1 Å². The van der Waals surface area contributed by atoms with Gasteiger partial charge in [-0.2, -0.15) is 0 Å². The molecule has 146 valence electrons. The first kappa shape index (κ1) is 19.3. The fourth-order valence-electron chi connectivity index (χ4n) is 3.48. The summed E-state index contributed by atoms with van der Waals surface area (Å²) in [6.07, 6.45) is 0. The second-order valence-electron chi connectivity index (χ2n) is 6.56. The predicted octanol–water partition coefficient (Wildman–Crippen LogP) is 1.91. The number of carbonyl (C=O) groups is 1. The number of morpholine rings is 1. The van der Waals surface area contributed by atoms with Gasteiger partial charge in [-0.25, -0.2) is 0 Å². The molecule has 2 aromatic rings. The molecule has 0 atom stereocenters. The van der Waals surface area contributed by atoms with Crippen LogP contribution in [0.5, 0.6) is 11.5 Å². The number of hydrogen-bond acceptors (Lipinski definition) is 5. The summed E-state index contributed by atoms with van der Waals surface area (Å²) in [6, 6.07) is 7.52. The topological polar surface area (TPSA) is 79.0 Å². The molecule has 1 aliphatic rings. The van der Waals surface area contributed by atoms with Gasteiger partial charge in [0.15, 0.2) is 0 Å². The standard InChI is InChI=1S/C20H27N3O4/c1-14-17(20(21)24)13-18(16-5-4-15(25-2)12-19(16)26-3)23(14)7-6-22-8-10-27-11-9-22/h4-5,12-13H,6-11H2,1-3H3,(H2,21,24). The van der Waals surface area contributed by atoms with Gasteiger partial charge in [-0.15, -0.1) is 0 Å². The minimum absolute atomic E-state index is 0.425. The predicted molar refractivity (Wildman–Crippen MR) is 103 cm³/mol. The first-order valence-electron chi connectivity index (χ1n) is 9.07. The number of hydrogen-bond donors (Lipinski definition) is 1. The normalized spacial score (nSPS) is 14.9. The van der Waals surface area contributed by atoms with Crippen LogP contribution in [0.3, 0.4) is 0 Å². The number of nitrogens with zero attached hydrogens (tertiary/aromatic N) is 2. The van der Waals surface area contributed by atoms with E-state index in [-0.39, 0.29) is 0 Å². The number of rotatable bonds is 7.